The Morgan fingerprint density at radius 1 is 1.22 bits per heavy atom. The molecule has 0 aliphatic heterocycles. The number of nitrogens with one attached hydrogen (secondary N) is 2. The molecule has 94 valence electrons. The molecule has 1 aromatic carbocycles. The summed E-state index contributed by atoms with van der Waals surface area (Å²) in [5, 5.41) is 6.49. The first-order chi connectivity index (χ1) is 8.69. The average molecular weight is 418 g/mol. The van der Waals surface area contributed by atoms with Crippen LogP contribution in [0.3, 0.4) is 0 Å². The summed E-state index contributed by atoms with van der Waals surface area (Å²) in [4.78, 5) is 4.48. The lowest BCUT2D eigenvalue weighted by Crippen LogP contribution is -2.01. The number of halogens is 2. The molecule has 1 heterocycles. The highest BCUT2D eigenvalue weighted by atomic mass is 127. The molecule has 0 unspecified atom stereocenters. The molecule has 0 fully saturated rings. The predicted octanol–water partition coefficient (Wildman–Crippen LogP) is 4.62. The molecule has 0 amide bonds. The summed E-state index contributed by atoms with van der Waals surface area (Å²) in [6.45, 7) is 2.92. The molecule has 2 rings (SSSR count). The lowest BCUT2D eigenvalue weighted by molar-refractivity contribution is 1.16. The fourth-order valence-electron chi connectivity index (χ4n) is 1.51. The van der Waals surface area contributed by atoms with Crippen LogP contribution in [0.25, 0.3) is 0 Å². The Morgan fingerprint density at radius 3 is 2.72 bits per heavy atom. The molecule has 18 heavy (non-hydrogen) atoms. The second kappa shape index (κ2) is 6.38. The summed E-state index contributed by atoms with van der Waals surface area (Å²) in [6, 6.07) is 12.0. The van der Waals surface area contributed by atoms with E-state index in [4.69, 9.17) is 0 Å². The third-order valence-corrected chi connectivity index (χ3v) is 3.63. The minimum absolute atomic E-state index is 0.829. The molecular weight excluding hydrogens is 405 g/mol. The van der Waals surface area contributed by atoms with E-state index in [1.165, 1.54) is 3.57 Å². The minimum Gasteiger partial charge on any atom is -0.370 e. The van der Waals surface area contributed by atoms with Crippen LogP contribution in [0.5, 0.6) is 0 Å². The van der Waals surface area contributed by atoms with Crippen LogP contribution in [0.4, 0.5) is 17.3 Å². The van der Waals surface area contributed by atoms with Crippen LogP contribution >= 0.6 is 38.5 Å². The van der Waals surface area contributed by atoms with Crippen LogP contribution < -0.4 is 10.6 Å². The highest BCUT2D eigenvalue weighted by Gasteiger charge is 2.02. The topological polar surface area (TPSA) is 37.0 Å². The standard InChI is InChI=1S/C13H13BrIN3/c1-2-16-12-4-3-5-13(18-12)17-11-7-6-9(15)8-10(11)14/h3-8H,2H2,1H3,(H2,16,17,18). The van der Waals surface area contributed by atoms with Crippen LogP contribution in [0.2, 0.25) is 0 Å². The van der Waals surface area contributed by atoms with Gasteiger partial charge in [-0.05, 0) is 75.8 Å². The normalized spacial score (nSPS) is 10.2. The third kappa shape index (κ3) is 3.58. The van der Waals surface area contributed by atoms with Crippen molar-refractivity contribution in [3.8, 4) is 0 Å². The molecular formula is C13H13BrIN3. The molecule has 0 radical (unpaired) electrons. The highest BCUT2D eigenvalue weighted by Crippen LogP contribution is 2.27. The lowest BCUT2D eigenvalue weighted by Gasteiger charge is -2.10. The number of benzene rings is 1. The highest BCUT2D eigenvalue weighted by molar-refractivity contribution is 14.1. The van der Waals surface area contributed by atoms with Gasteiger partial charge in [-0.2, -0.15) is 0 Å². The second-order valence-electron chi connectivity index (χ2n) is 3.69. The van der Waals surface area contributed by atoms with Gasteiger partial charge in [-0.1, -0.05) is 6.07 Å². The van der Waals surface area contributed by atoms with Gasteiger partial charge < -0.3 is 10.6 Å². The zero-order valence-electron chi connectivity index (χ0n) is 9.87. The monoisotopic (exact) mass is 417 g/mol. The minimum atomic E-state index is 0.829. The van der Waals surface area contributed by atoms with E-state index in [1.807, 2.05) is 24.3 Å². The van der Waals surface area contributed by atoms with Crippen molar-refractivity contribution in [3.63, 3.8) is 0 Å². The maximum atomic E-state index is 4.48. The Hall–Kier alpha value is -0.820. The predicted molar refractivity (Wildman–Crippen MR) is 88.5 cm³/mol. The van der Waals surface area contributed by atoms with Gasteiger partial charge in [0.2, 0.25) is 0 Å². The van der Waals surface area contributed by atoms with Crippen LogP contribution in [0.1, 0.15) is 6.92 Å². The van der Waals surface area contributed by atoms with Gasteiger partial charge in [0.05, 0.1) is 5.69 Å². The average Bonchev–Trinajstić information content (AvgIpc) is 2.34. The Morgan fingerprint density at radius 2 is 2.00 bits per heavy atom. The number of anilines is 3. The van der Waals surface area contributed by atoms with Gasteiger partial charge in [0.1, 0.15) is 11.6 Å². The summed E-state index contributed by atoms with van der Waals surface area (Å²) < 4.78 is 2.23. The summed E-state index contributed by atoms with van der Waals surface area (Å²) in [7, 11) is 0. The first kappa shape index (κ1) is 13.6. The van der Waals surface area contributed by atoms with Crippen LogP contribution in [0, 0.1) is 3.57 Å². The quantitative estimate of drug-likeness (QED) is 0.712. The fourth-order valence-corrected chi connectivity index (χ4v) is 2.91. The summed E-state index contributed by atoms with van der Waals surface area (Å²) in [6.07, 6.45) is 0. The van der Waals surface area contributed by atoms with E-state index < -0.39 is 0 Å². The van der Waals surface area contributed by atoms with Crippen molar-refractivity contribution >= 4 is 55.8 Å². The van der Waals surface area contributed by atoms with E-state index in [9.17, 15) is 0 Å². The van der Waals surface area contributed by atoms with Crippen molar-refractivity contribution in [1.29, 1.82) is 0 Å². The van der Waals surface area contributed by atoms with E-state index in [0.29, 0.717) is 0 Å². The summed E-state index contributed by atoms with van der Waals surface area (Å²) in [5.74, 6) is 1.71. The fraction of sp³-hybridized carbons (Fsp3) is 0.154. The SMILES string of the molecule is CCNc1cccc(Nc2ccc(I)cc2Br)n1. The van der Waals surface area contributed by atoms with Gasteiger partial charge in [0.25, 0.3) is 0 Å². The van der Waals surface area contributed by atoms with Gasteiger partial charge >= 0.3 is 0 Å². The number of nitrogens with zero attached hydrogens (tertiary/aromatic N) is 1. The zero-order valence-corrected chi connectivity index (χ0v) is 13.6. The second-order valence-corrected chi connectivity index (χ2v) is 5.79. The van der Waals surface area contributed by atoms with Gasteiger partial charge in [-0.3, -0.25) is 0 Å². The van der Waals surface area contributed by atoms with Gasteiger partial charge in [-0.15, -0.1) is 0 Å². The Balaban J connectivity index is 2.20. The van der Waals surface area contributed by atoms with Crippen LogP contribution in [-0.4, -0.2) is 11.5 Å². The molecule has 2 aromatic rings. The Labute approximate surface area is 129 Å². The maximum absolute atomic E-state index is 4.48. The number of hydrogen-bond donors (Lipinski definition) is 2. The van der Waals surface area contributed by atoms with Crippen molar-refractivity contribution in [2.45, 2.75) is 6.92 Å². The molecule has 0 atom stereocenters. The molecule has 0 bridgehead atoms. The van der Waals surface area contributed by atoms with Crippen LogP contribution in [-0.2, 0) is 0 Å². The smallest absolute Gasteiger partial charge is 0.132 e. The molecule has 5 heteroatoms. The first-order valence-electron chi connectivity index (χ1n) is 5.62. The molecule has 2 N–H and O–H groups in total. The Kier molecular flexibility index (Phi) is 4.82. The van der Waals surface area contributed by atoms with Crippen LogP contribution in [0.15, 0.2) is 40.9 Å². The van der Waals surface area contributed by atoms with Crippen molar-refractivity contribution in [2.75, 3.05) is 17.2 Å². The third-order valence-electron chi connectivity index (χ3n) is 2.30. The van der Waals surface area contributed by atoms with Gasteiger partial charge in [-0.25, -0.2) is 4.98 Å². The maximum Gasteiger partial charge on any atom is 0.132 e. The Bertz CT molecular complexity index is 546. The van der Waals surface area contributed by atoms with E-state index in [0.717, 1.165) is 28.3 Å². The van der Waals surface area contributed by atoms with E-state index in [2.05, 4.69) is 73.2 Å². The van der Waals surface area contributed by atoms with Crippen molar-refractivity contribution in [3.05, 3.63) is 44.4 Å². The molecule has 1 aromatic heterocycles. The zero-order chi connectivity index (χ0) is 13.0. The molecule has 0 saturated carbocycles. The molecule has 0 spiro atoms. The number of hydrogen-bond acceptors (Lipinski definition) is 3. The first-order valence-corrected chi connectivity index (χ1v) is 7.49. The molecule has 3 nitrogen and oxygen atoms in total. The number of aromatic nitrogens is 1. The summed E-state index contributed by atoms with van der Waals surface area (Å²) in [5.41, 5.74) is 1.01. The van der Waals surface area contributed by atoms with Gasteiger partial charge in [0.15, 0.2) is 0 Å². The molecule has 0 aliphatic carbocycles. The van der Waals surface area contributed by atoms with E-state index >= 15 is 0 Å². The largest absolute Gasteiger partial charge is 0.370 e. The van der Waals surface area contributed by atoms with Crippen molar-refractivity contribution in [2.24, 2.45) is 0 Å². The summed E-state index contributed by atoms with van der Waals surface area (Å²) >= 11 is 5.83. The molecule has 0 saturated heterocycles. The number of pyridine rings is 1. The molecule has 0 aliphatic rings. The van der Waals surface area contributed by atoms with E-state index in [1.54, 1.807) is 0 Å². The van der Waals surface area contributed by atoms with Crippen molar-refractivity contribution in [1.82, 2.24) is 4.98 Å². The number of rotatable bonds is 4. The lowest BCUT2D eigenvalue weighted by atomic mass is 10.3. The van der Waals surface area contributed by atoms with Gasteiger partial charge in [0, 0.05) is 14.6 Å². The van der Waals surface area contributed by atoms with E-state index in [-0.39, 0.29) is 0 Å². The van der Waals surface area contributed by atoms with Crippen molar-refractivity contribution < 1.29 is 0 Å².